The van der Waals surface area contributed by atoms with Crippen LogP contribution in [0.2, 0.25) is 0 Å². The Morgan fingerprint density at radius 3 is 2.53 bits per heavy atom. The number of hydrogen-bond acceptors (Lipinski definition) is 7. The number of aromatic amines is 1. The van der Waals surface area contributed by atoms with E-state index >= 15 is 0 Å². The summed E-state index contributed by atoms with van der Waals surface area (Å²) in [6.45, 7) is 2.95. The fourth-order valence-electron chi connectivity index (χ4n) is 3.97. The lowest BCUT2D eigenvalue weighted by atomic mass is 10.1. The van der Waals surface area contributed by atoms with Crippen molar-refractivity contribution < 1.29 is 14.5 Å². The van der Waals surface area contributed by atoms with E-state index in [-0.39, 0.29) is 18.0 Å². The van der Waals surface area contributed by atoms with Crippen LogP contribution >= 0.6 is 0 Å². The number of rotatable bonds is 6. The van der Waals surface area contributed by atoms with Gasteiger partial charge < -0.3 is 19.9 Å². The van der Waals surface area contributed by atoms with Crippen LogP contribution in [0.4, 0.5) is 17.2 Å². The summed E-state index contributed by atoms with van der Waals surface area (Å²) in [5.41, 5.74) is 4.01. The van der Waals surface area contributed by atoms with Gasteiger partial charge in [-0.05, 0) is 29.3 Å². The Labute approximate surface area is 194 Å². The van der Waals surface area contributed by atoms with Crippen molar-refractivity contribution in [1.82, 2.24) is 15.0 Å². The number of nitrogens with zero attached hydrogens (tertiary/aromatic N) is 4. The van der Waals surface area contributed by atoms with Crippen molar-refractivity contribution in [1.29, 1.82) is 0 Å². The standard InChI is InChI=1S/C24H22N6O4/c31-22(13-16-1-7-19(8-2-16)30(32)33)27-18-5-3-17(4-6-18)21-14-20-23(28-21)25-15-26-24(20)29-9-11-34-12-10-29/h1-8,14-15H,9-13H2,(H,27,31)(H,25,26,28). The van der Waals surface area contributed by atoms with Crippen LogP contribution < -0.4 is 10.2 Å². The van der Waals surface area contributed by atoms with Gasteiger partial charge in [-0.25, -0.2) is 9.97 Å². The van der Waals surface area contributed by atoms with E-state index in [1.807, 2.05) is 30.3 Å². The van der Waals surface area contributed by atoms with Crippen molar-refractivity contribution in [2.75, 3.05) is 36.5 Å². The van der Waals surface area contributed by atoms with Crippen molar-refractivity contribution in [3.63, 3.8) is 0 Å². The molecule has 0 bridgehead atoms. The Balaban J connectivity index is 1.28. The number of carbonyl (C=O) groups excluding carboxylic acids is 1. The molecule has 0 atom stereocenters. The number of anilines is 2. The summed E-state index contributed by atoms with van der Waals surface area (Å²) in [5, 5.41) is 14.6. The van der Waals surface area contributed by atoms with Crippen LogP contribution in [0, 0.1) is 10.1 Å². The molecule has 5 rings (SSSR count). The number of nitro benzene ring substituents is 1. The summed E-state index contributed by atoms with van der Waals surface area (Å²) >= 11 is 0. The molecule has 0 saturated carbocycles. The number of nitrogens with one attached hydrogen (secondary N) is 2. The Morgan fingerprint density at radius 2 is 1.82 bits per heavy atom. The van der Waals surface area contributed by atoms with E-state index in [2.05, 4.69) is 25.2 Å². The first-order valence-electron chi connectivity index (χ1n) is 10.9. The van der Waals surface area contributed by atoms with Gasteiger partial charge in [0.25, 0.3) is 5.69 Å². The van der Waals surface area contributed by atoms with Crippen molar-refractivity contribution in [3.05, 3.63) is 76.6 Å². The minimum atomic E-state index is -0.464. The fourth-order valence-corrected chi connectivity index (χ4v) is 3.97. The van der Waals surface area contributed by atoms with E-state index < -0.39 is 4.92 Å². The number of amides is 1. The van der Waals surface area contributed by atoms with Gasteiger partial charge in [0, 0.05) is 36.6 Å². The van der Waals surface area contributed by atoms with Crippen LogP contribution in [0.3, 0.4) is 0 Å². The third-order valence-electron chi connectivity index (χ3n) is 5.71. The SMILES string of the molecule is O=C(Cc1ccc([N+](=O)[O-])cc1)Nc1ccc(-c2cc3c(N4CCOCC4)ncnc3[nH]2)cc1. The zero-order valence-electron chi connectivity index (χ0n) is 18.2. The molecule has 1 amide bonds. The molecule has 1 aliphatic heterocycles. The zero-order valence-corrected chi connectivity index (χ0v) is 18.2. The molecular weight excluding hydrogens is 436 g/mol. The number of carbonyl (C=O) groups is 1. The molecule has 1 fully saturated rings. The fraction of sp³-hybridized carbons (Fsp3) is 0.208. The van der Waals surface area contributed by atoms with Gasteiger partial charge in [0.2, 0.25) is 5.91 Å². The number of nitro groups is 1. The number of aromatic nitrogens is 3. The number of benzene rings is 2. The van der Waals surface area contributed by atoms with Gasteiger partial charge in [-0.3, -0.25) is 14.9 Å². The average Bonchev–Trinajstić information content (AvgIpc) is 3.30. The highest BCUT2D eigenvalue weighted by atomic mass is 16.6. The predicted molar refractivity (Wildman–Crippen MR) is 128 cm³/mol. The van der Waals surface area contributed by atoms with E-state index in [1.54, 1.807) is 18.5 Å². The molecule has 0 aliphatic carbocycles. The summed E-state index contributed by atoms with van der Waals surface area (Å²) in [5.74, 6) is 0.698. The highest BCUT2D eigenvalue weighted by Crippen LogP contribution is 2.29. The van der Waals surface area contributed by atoms with Gasteiger partial charge in [-0.1, -0.05) is 24.3 Å². The largest absolute Gasteiger partial charge is 0.378 e. The minimum Gasteiger partial charge on any atom is -0.378 e. The molecule has 10 nitrogen and oxygen atoms in total. The second kappa shape index (κ2) is 9.28. The second-order valence-electron chi connectivity index (χ2n) is 7.97. The summed E-state index contributed by atoms with van der Waals surface area (Å²) < 4.78 is 5.45. The minimum absolute atomic E-state index is 0.000211. The van der Waals surface area contributed by atoms with Crippen LogP contribution in [-0.4, -0.2) is 52.1 Å². The Hall–Kier alpha value is -4.31. The maximum Gasteiger partial charge on any atom is 0.269 e. The van der Waals surface area contributed by atoms with Crippen LogP contribution in [0.25, 0.3) is 22.3 Å². The van der Waals surface area contributed by atoms with E-state index in [0.29, 0.717) is 24.5 Å². The molecule has 2 N–H and O–H groups in total. The summed E-state index contributed by atoms with van der Waals surface area (Å²) in [6.07, 6.45) is 1.70. The molecule has 3 heterocycles. The normalized spacial score (nSPS) is 13.7. The van der Waals surface area contributed by atoms with Gasteiger partial charge in [-0.15, -0.1) is 0 Å². The van der Waals surface area contributed by atoms with Crippen LogP contribution in [0.5, 0.6) is 0 Å². The molecule has 0 unspecified atom stereocenters. The molecule has 0 radical (unpaired) electrons. The van der Waals surface area contributed by atoms with Crippen LogP contribution in [-0.2, 0) is 16.0 Å². The number of morpholine rings is 1. The highest BCUT2D eigenvalue weighted by molar-refractivity contribution is 5.94. The van der Waals surface area contributed by atoms with Crippen molar-refractivity contribution in [2.24, 2.45) is 0 Å². The topological polar surface area (TPSA) is 126 Å². The third kappa shape index (κ3) is 4.57. The molecule has 0 spiro atoms. The first-order chi connectivity index (χ1) is 16.6. The lowest BCUT2D eigenvalue weighted by molar-refractivity contribution is -0.384. The van der Waals surface area contributed by atoms with Gasteiger partial charge in [-0.2, -0.15) is 0 Å². The number of H-pyrrole nitrogens is 1. The number of ether oxygens (including phenoxy) is 1. The predicted octanol–water partition coefficient (Wildman–Crippen LogP) is 3.55. The summed E-state index contributed by atoms with van der Waals surface area (Å²) in [6, 6.07) is 15.5. The van der Waals surface area contributed by atoms with Crippen molar-refractivity contribution >= 4 is 34.1 Å². The Morgan fingerprint density at radius 1 is 1.09 bits per heavy atom. The molecule has 1 aliphatic rings. The average molecular weight is 458 g/mol. The van der Waals surface area contributed by atoms with E-state index in [0.717, 1.165) is 41.2 Å². The van der Waals surface area contributed by atoms with Crippen LogP contribution in [0.1, 0.15) is 5.56 Å². The lowest BCUT2D eigenvalue weighted by Crippen LogP contribution is -2.36. The van der Waals surface area contributed by atoms with Gasteiger partial charge in [0.15, 0.2) is 0 Å². The van der Waals surface area contributed by atoms with Crippen molar-refractivity contribution in [2.45, 2.75) is 6.42 Å². The van der Waals surface area contributed by atoms with Gasteiger partial charge in [0.05, 0.1) is 29.9 Å². The molecule has 10 heteroatoms. The molecular formula is C24H22N6O4. The Kier molecular flexibility index (Phi) is 5.88. The third-order valence-corrected chi connectivity index (χ3v) is 5.71. The smallest absolute Gasteiger partial charge is 0.269 e. The van der Waals surface area contributed by atoms with Crippen LogP contribution in [0.15, 0.2) is 60.9 Å². The molecule has 2 aromatic carbocycles. The van der Waals surface area contributed by atoms with Gasteiger partial charge >= 0.3 is 0 Å². The van der Waals surface area contributed by atoms with Crippen molar-refractivity contribution in [3.8, 4) is 11.3 Å². The molecule has 4 aromatic rings. The Bertz CT molecular complexity index is 1330. The number of non-ortho nitro benzene ring substituents is 1. The maximum atomic E-state index is 12.4. The summed E-state index contributed by atoms with van der Waals surface area (Å²) in [4.78, 5) is 37.1. The van der Waals surface area contributed by atoms with Gasteiger partial charge in [0.1, 0.15) is 17.8 Å². The summed E-state index contributed by atoms with van der Waals surface area (Å²) in [7, 11) is 0. The maximum absolute atomic E-state index is 12.4. The molecule has 34 heavy (non-hydrogen) atoms. The van der Waals surface area contributed by atoms with E-state index in [9.17, 15) is 14.9 Å². The first-order valence-corrected chi connectivity index (χ1v) is 10.9. The number of hydrogen-bond donors (Lipinski definition) is 2. The lowest BCUT2D eigenvalue weighted by Gasteiger charge is -2.27. The quantitative estimate of drug-likeness (QED) is 0.334. The number of fused-ring (bicyclic) bond motifs is 1. The first kappa shape index (κ1) is 21.5. The monoisotopic (exact) mass is 458 g/mol. The second-order valence-corrected chi connectivity index (χ2v) is 7.97. The molecule has 1 saturated heterocycles. The highest BCUT2D eigenvalue weighted by Gasteiger charge is 2.17. The van der Waals surface area contributed by atoms with E-state index in [4.69, 9.17) is 4.74 Å². The molecule has 2 aromatic heterocycles. The van der Waals surface area contributed by atoms with E-state index in [1.165, 1.54) is 12.1 Å². The molecule has 172 valence electrons. The zero-order chi connectivity index (χ0) is 23.5.